The fourth-order valence-corrected chi connectivity index (χ4v) is 8.11. The Bertz CT molecular complexity index is 2510. The monoisotopic (exact) mass is 604 g/mol. The molecule has 0 saturated heterocycles. The van der Waals surface area contributed by atoms with Crippen LogP contribution in [-0.2, 0) is 0 Å². The van der Waals surface area contributed by atoms with Gasteiger partial charge in [-0.2, -0.15) is 0 Å². The Hall–Kier alpha value is -5.77. The molecule has 2 heterocycles. The van der Waals surface area contributed by atoms with Gasteiger partial charge in [0.1, 0.15) is 0 Å². The van der Waals surface area contributed by atoms with E-state index in [-0.39, 0.29) is 0 Å². The van der Waals surface area contributed by atoms with E-state index in [1.54, 1.807) is 0 Å². The highest BCUT2D eigenvalue weighted by Crippen LogP contribution is 2.50. The molecule has 0 aliphatic heterocycles. The van der Waals surface area contributed by atoms with Gasteiger partial charge in [-0.3, -0.25) is 4.98 Å². The summed E-state index contributed by atoms with van der Waals surface area (Å²) in [6, 6.07) is 58.8. The minimum Gasteiger partial charge on any atom is -0.310 e. The standard InChI is InChI=1S/C43H28N2S/c1-3-14-30(15-4-1)39-36-21-12-28-44-42(36)43-41(35-20-9-10-23-38(35)46-43)40(39)31-24-26-33(27-25-31)45(32-17-5-2-6-18-32)37-22-11-16-29-13-7-8-19-34(29)37/h1-28H. The molecule has 216 valence electrons. The zero-order valence-electron chi connectivity index (χ0n) is 25.0. The van der Waals surface area contributed by atoms with Crippen molar-refractivity contribution in [2.75, 3.05) is 4.90 Å². The van der Waals surface area contributed by atoms with Gasteiger partial charge in [-0.1, -0.05) is 121 Å². The number of fused-ring (bicyclic) bond motifs is 6. The molecular formula is C43H28N2S. The molecule has 3 heteroatoms. The Morgan fingerprint density at radius 3 is 1.91 bits per heavy atom. The maximum Gasteiger partial charge on any atom is 0.0887 e. The molecule has 0 spiro atoms. The molecule has 0 saturated carbocycles. The normalized spacial score (nSPS) is 11.5. The second kappa shape index (κ2) is 11.0. The van der Waals surface area contributed by atoms with Crippen molar-refractivity contribution in [3.8, 4) is 22.3 Å². The highest BCUT2D eigenvalue weighted by molar-refractivity contribution is 7.26. The van der Waals surface area contributed by atoms with Crippen LogP contribution >= 0.6 is 11.3 Å². The average Bonchev–Trinajstić information content (AvgIpc) is 3.52. The number of hydrogen-bond donors (Lipinski definition) is 0. The molecule has 46 heavy (non-hydrogen) atoms. The van der Waals surface area contributed by atoms with Gasteiger partial charge in [0.2, 0.25) is 0 Å². The van der Waals surface area contributed by atoms with Crippen molar-refractivity contribution in [3.63, 3.8) is 0 Å². The van der Waals surface area contributed by atoms with Crippen LogP contribution in [0.25, 0.3) is 64.1 Å². The van der Waals surface area contributed by atoms with Crippen LogP contribution in [0.5, 0.6) is 0 Å². The zero-order chi connectivity index (χ0) is 30.5. The molecule has 0 aliphatic carbocycles. The maximum absolute atomic E-state index is 4.96. The van der Waals surface area contributed by atoms with Gasteiger partial charge in [0.05, 0.1) is 15.9 Å². The molecule has 2 nitrogen and oxygen atoms in total. The first-order valence-corrected chi connectivity index (χ1v) is 16.4. The number of rotatable bonds is 5. The Kier molecular flexibility index (Phi) is 6.36. The van der Waals surface area contributed by atoms with E-state index < -0.39 is 0 Å². The van der Waals surface area contributed by atoms with Gasteiger partial charge < -0.3 is 4.90 Å². The summed E-state index contributed by atoms with van der Waals surface area (Å²) in [4.78, 5) is 7.32. The summed E-state index contributed by atoms with van der Waals surface area (Å²) in [5, 5.41) is 6.16. The van der Waals surface area contributed by atoms with E-state index in [9.17, 15) is 0 Å². The summed E-state index contributed by atoms with van der Waals surface area (Å²) < 4.78 is 2.51. The Labute approximate surface area is 271 Å². The lowest BCUT2D eigenvalue weighted by molar-refractivity contribution is 1.30. The predicted octanol–water partition coefficient (Wildman–Crippen LogP) is 12.6. The van der Waals surface area contributed by atoms with E-state index >= 15 is 0 Å². The second-order valence-corrected chi connectivity index (χ2v) is 12.6. The van der Waals surface area contributed by atoms with Crippen LogP contribution in [-0.4, -0.2) is 4.98 Å². The number of pyridine rings is 1. The number of aromatic nitrogens is 1. The summed E-state index contributed by atoms with van der Waals surface area (Å²) in [7, 11) is 0. The van der Waals surface area contributed by atoms with Crippen LogP contribution < -0.4 is 4.90 Å². The summed E-state index contributed by atoms with van der Waals surface area (Å²) in [5.74, 6) is 0. The fourth-order valence-electron chi connectivity index (χ4n) is 6.89. The van der Waals surface area contributed by atoms with Crippen molar-refractivity contribution in [3.05, 3.63) is 170 Å². The summed E-state index contributed by atoms with van der Waals surface area (Å²) in [5.41, 5.74) is 9.31. The molecule has 0 N–H and O–H groups in total. The largest absolute Gasteiger partial charge is 0.310 e. The first-order valence-electron chi connectivity index (χ1n) is 15.6. The van der Waals surface area contributed by atoms with E-state index in [1.165, 1.54) is 58.6 Å². The molecule has 9 aromatic rings. The Morgan fingerprint density at radius 1 is 0.457 bits per heavy atom. The number of para-hydroxylation sites is 1. The quantitative estimate of drug-likeness (QED) is 0.194. The number of hydrogen-bond acceptors (Lipinski definition) is 3. The predicted molar refractivity (Wildman–Crippen MR) is 198 cm³/mol. The smallest absolute Gasteiger partial charge is 0.0887 e. The molecule has 0 amide bonds. The molecule has 0 radical (unpaired) electrons. The summed E-state index contributed by atoms with van der Waals surface area (Å²) in [6.07, 6.45) is 1.92. The number of benzene rings is 7. The Balaban J connectivity index is 1.32. The molecule has 9 rings (SSSR count). The summed E-state index contributed by atoms with van der Waals surface area (Å²) >= 11 is 1.84. The second-order valence-electron chi connectivity index (χ2n) is 11.5. The van der Waals surface area contributed by atoms with E-state index in [2.05, 4.69) is 169 Å². The van der Waals surface area contributed by atoms with Crippen LogP contribution in [0.2, 0.25) is 0 Å². The minimum absolute atomic E-state index is 1.06. The Morgan fingerprint density at radius 2 is 1.09 bits per heavy atom. The van der Waals surface area contributed by atoms with Gasteiger partial charge in [-0.05, 0) is 70.1 Å². The molecule has 0 atom stereocenters. The van der Waals surface area contributed by atoms with Gasteiger partial charge in [-0.15, -0.1) is 11.3 Å². The molecule has 0 bridgehead atoms. The zero-order valence-corrected chi connectivity index (χ0v) is 25.8. The van der Waals surface area contributed by atoms with Crippen LogP contribution in [0.1, 0.15) is 0 Å². The van der Waals surface area contributed by atoms with Crippen LogP contribution in [0, 0.1) is 0 Å². The molecule has 0 aliphatic rings. The van der Waals surface area contributed by atoms with E-state index in [4.69, 9.17) is 4.98 Å². The highest BCUT2D eigenvalue weighted by Gasteiger charge is 2.22. The minimum atomic E-state index is 1.06. The number of thiophene rings is 1. The van der Waals surface area contributed by atoms with E-state index in [0.29, 0.717) is 0 Å². The van der Waals surface area contributed by atoms with Crippen LogP contribution in [0.3, 0.4) is 0 Å². The average molecular weight is 605 g/mol. The third kappa shape index (κ3) is 4.28. The lowest BCUT2D eigenvalue weighted by Crippen LogP contribution is -2.10. The van der Waals surface area contributed by atoms with E-state index in [1.807, 2.05) is 17.5 Å². The first-order chi connectivity index (χ1) is 22.8. The number of nitrogens with zero attached hydrogens (tertiary/aromatic N) is 2. The van der Waals surface area contributed by atoms with Crippen molar-refractivity contribution in [2.45, 2.75) is 0 Å². The van der Waals surface area contributed by atoms with Crippen molar-refractivity contribution < 1.29 is 0 Å². The van der Waals surface area contributed by atoms with Gasteiger partial charge in [-0.25, -0.2) is 0 Å². The highest BCUT2D eigenvalue weighted by atomic mass is 32.1. The lowest BCUT2D eigenvalue weighted by Gasteiger charge is -2.27. The molecule has 0 fully saturated rings. The van der Waals surface area contributed by atoms with E-state index in [0.717, 1.165) is 22.6 Å². The SMILES string of the molecule is c1ccc(-c2c(-c3ccc(N(c4ccccc4)c4cccc5ccccc45)cc3)c3c4ccccc4sc3c3ncccc23)cc1. The molecule has 2 aromatic heterocycles. The van der Waals surface area contributed by atoms with Crippen molar-refractivity contribution in [1.29, 1.82) is 0 Å². The molecule has 7 aromatic carbocycles. The summed E-state index contributed by atoms with van der Waals surface area (Å²) in [6.45, 7) is 0. The third-order valence-electron chi connectivity index (χ3n) is 8.89. The van der Waals surface area contributed by atoms with Crippen LogP contribution in [0.15, 0.2) is 170 Å². The number of anilines is 3. The topological polar surface area (TPSA) is 16.1 Å². The van der Waals surface area contributed by atoms with Crippen molar-refractivity contribution >= 4 is 70.2 Å². The van der Waals surface area contributed by atoms with Gasteiger partial charge in [0.15, 0.2) is 0 Å². The third-order valence-corrected chi connectivity index (χ3v) is 10.1. The van der Waals surface area contributed by atoms with Gasteiger partial charge in [0, 0.05) is 43.8 Å². The first kappa shape index (κ1) is 26.6. The van der Waals surface area contributed by atoms with Crippen LogP contribution in [0.4, 0.5) is 17.1 Å². The maximum atomic E-state index is 4.96. The van der Waals surface area contributed by atoms with Crippen molar-refractivity contribution in [1.82, 2.24) is 4.98 Å². The van der Waals surface area contributed by atoms with Crippen molar-refractivity contribution in [2.24, 2.45) is 0 Å². The molecule has 0 unspecified atom stereocenters. The fraction of sp³-hybridized carbons (Fsp3) is 0. The van der Waals surface area contributed by atoms with Gasteiger partial charge in [0.25, 0.3) is 0 Å². The molecular weight excluding hydrogens is 577 g/mol. The van der Waals surface area contributed by atoms with Gasteiger partial charge >= 0.3 is 0 Å². The lowest BCUT2D eigenvalue weighted by atomic mass is 9.87.